The third-order valence-corrected chi connectivity index (χ3v) is 8.22. The van der Waals surface area contributed by atoms with Crippen LogP contribution in [0, 0.1) is 10.5 Å². The first-order chi connectivity index (χ1) is 18.4. The molecule has 4 rings (SSSR count). The number of hydrogen-bond acceptors (Lipinski definition) is 7. The summed E-state index contributed by atoms with van der Waals surface area (Å²) in [5.41, 5.74) is 0.710. The van der Waals surface area contributed by atoms with E-state index in [2.05, 4.69) is 5.32 Å². The number of carbonyl (C=O) groups excluding carboxylic acids is 3. The molecule has 1 aliphatic rings. The monoisotopic (exact) mass is 700 g/mol. The number of imide groups is 2. The summed E-state index contributed by atoms with van der Waals surface area (Å²) in [5.74, 6) is -1.75. The van der Waals surface area contributed by atoms with E-state index in [0.29, 0.717) is 24.7 Å². The van der Waals surface area contributed by atoms with Gasteiger partial charge < -0.3 is 8.92 Å². The summed E-state index contributed by atoms with van der Waals surface area (Å²) in [4.78, 5) is 39.3. The Balaban J connectivity index is 1.74. The van der Waals surface area contributed by atoms with E-state index in [0.717, 1.165) is 4.90 Å². The van der Waals surface area contributed by atoms with Gasteiger partial charge in [0.15, 0.2) is 11.5 Å². The first-order valence-electron chi connectivity index (χ1n) is 11.3. The third kappa shape index (κ3) is 6.06. The van der Waals surface area contributed by atoms with Crippen LogP contribution < -0.4 is 19.1 Å². The Bertz CT molecular complexity index is 1640. The Labute approximate surface area is 247 Å². The molecule has 0 unspecified atom stereocenters. The van der Waals surface area contributed by atoms with Gasteiger partial charge in [-0.25, -0.2) is 9.69 Å². The first-order valence-corrected chi connectivity index (χ1v) is 14.5. The number of nitrogens with one attached hydrogen (secondary N) is 1. The minimum atomic E-state index is -4.23. The number of amides is 4. The average molecular weight is 701 g/mol. The Morgan fingerprint density at radius 2 is 1.74 bits per heavy atom. The predicted molar refractivity (Wildman–Crippen MR) is 155 cm³/mol. The van der Waals surface area contributed by atoms with Gasteiger partial charge in [-0.05, 0) is 102 Å². The lowest BCUT2D eigenvalue weighted by molar-refractivity contribution is -0.122. The molecule has 0 bridgehead atoms. The molecule has 1 fully saturated rings. The van der Waals surface area contributed by atoms with Crippen LogP contribution in [0.3, 0.4) is 0 Å². The molecule has 0 atom stereocenters. The van der Waals surface area contributed by atoms with Crippen molar-refractivity contribution in [1.82, 2.24) is 5.32 Å². The van der Waals surface area contributed by atoms with Gasteiger partial charge >= 0.3 is 16.1 Å². The molecule has 0 spiro atoms. The molecule has 0 radical (unpaired) electrons. The van der Waals surface area contributed by atoms with Crippen LogP contribution in [0.4, 0.5) is 10.5 Å². The van der Waals surface area contributed by atoms with Gasteiger partial charge in [0.25, 0.3) is 11.8 Å². The van der Waals surface area contributed by atoms with E-state index in [1.165, 1.54) is 48.5 Å². The lowest BCUT2D eigenvalue weighted by Gasteiger charge is -2.27. The molecule has 39 heavy (non-hydrogen) atoms. The van der Waals surface area contributed by atoms with Gasteiger partial charge in [0, 0.05) is 10.0 Å². The van der Waals surface area contributed by atoms with Crippen LogP contribution in [-0.2, 0) is 19.7 Å². The number of barbiturate groups is 1. The minimum absolute atomic E-state index is 0.0658. The van der Waals surface area contributed by atoms with Crippen molar-refractivity contribution in [3.05, 3.63) is 84.9 Å². The fourth-order valence-corrected chi connectivity index (χ4v) is 5.79. The maximum Gasteiger partial charge on any atom is 0.339 e. The molecule has 3 aromatic rings. The van der Waals surface area contributed by atoms with E-state index < -0.39 is 28.0 Å². The molecule has 3 aromatic carbocycles. The molecule has 202 valence electrons. The molecule has 1 N–H and O–H groups in total. The zero-order valence-electron chi connectivity index (χ0n) is 20.3. The summed E-state index contributed by atoms with van der Waals surface area (Å²) >= 11 is 13.9. The summed E-state index contributed by atoms with van der Waals surface area (Å²) in [6, 6.07) is 12.2. The number of ether oxygens (including phenoxy) is 1. The normalized spacial score (nSPS) is 14.9. The summed E-state index contributed by atoms with van der Waals surface area (Å²) in [7, 11) is -4.23. The highest BCUT2D eigenvalue weighted by Gasteiger charge is 2.37. The number of hydrogen-bond donors (Lipinski definition) is 1. The molecule has 9 nitrogen and oxygen atoms in total. The van der Waals surface area contributed by atoms with E-state index in [-0.39, 0.29) is 34.3 Å². The average Bonchev–Trinajstić information content (AvgIpc) is 2.87. The molecule has 1 saturated heterocycles. The molecule has 0 saturated carbocycles. The SMILES string of the molecule is CCOc1cc(/C=C2\C(=O)NC(=O)N(c3cccc(Cl)c3C)C2=O)cc(I)c1OS(=O)(=O)c1ccc(Cl)cc1. The zero-order chi connectivity index (χ0) is 28.5. The number of carbonyl (C=O) groups is 3. The van der Waals surface area contributed by atoms with E-state index >= 15 is 0 Å². The fraction of sp³-hybridized carbons (Fsp3) is 0.115. The lowest BCUT2D eigenvalue weighted by atomic mass is 10.1. The Morgan fingerprint density at radius 3 is 2.41 bits per heavy atom. The van der Waals surface area contributed by atoms with Crippen molar-refractivity contribution in [2.24, 2.45) is 0 Å². The van der Waals surface area contributed by atoms with Gasteiger partial charge in [-0.1, -0.05) is 29.3 Å². The maximum atomic E-state index is 13.3. The number of nitrogens with zero attached hydrogens (tertiary/aromatic N) is 1. The van der Waals surface area contributed by atoms with Gasteiger partial charge in [0.05, 0.1) is 15.9 Å². The molecule has 13 heteroatoms. The van der Waals surface area contributed by atoms with Gasteiger partial charge in [-0.15, -0.1) is 0 Å². The highest BCUT2D eigenvalue weighted by atomic mass is 127. The van der Waals surface area contributed by atoms with E-state index in [1.807, 2.05) is 22.6 Å². The van der Waals surface area contributed by atoms with Gasteiger partial charge in [0.1, 0.15) is 10.5 Å². The standard InChI is InChI=1S/C26H19Cl2IN2O7S/c1-3-37-22-13-15(12-20(29)23(22)38-39(35,36)17-9-7-16(27)8-10-17)11-18-24(32)30-26(34)31(25(18)33)21-6-4-5-19(28)14(21)2/h4-13H,3H2,1-2H3,(H,30,32,34)/b18-11+. The van der Waals surface area contributed by atoms with E-state index in [1.54, 1.807) is 26.0 Å². The summed E-state index contributed by atoms with van der Waals surface area (Å²) in [5, 5.41) is 2.87. The third-order valence-electron chi connectivity index (χ3n) is 5.52. The maximum absolute atomic E-state index is 13.3. The van der Waals surface area contributed by atoms with Crippen molar-refractivity contribution in [3.8, 4) is 11.5 Å². The van der Waals surface area contributed by atoms with Gasteiger partial charge in [-0.3, -0.25) is 14.9 Å². The summed E-state index contributed by atoms with van der Waals surface area (Å²) < 4.78 is 37.1. The first kappa shape index (κ1) is 28.9. The Kier molecular flexibility index (Phi) is 8.54. The second-order valence-corrected chi connectivity index (χ2v) is 11.6. The highest BCUT2D eigenvalue weighted by Crippen LogP contribution is 2.37. The van der Waals surface area contributed by atoms with Crippen molar-refractivity contribution in [2.45, 2.75) is 18.7 Å². The van der Waals surface area contributed by atoms with E-state index in [4.69, 9.17) is 32.1 Å². The topological polar surface area (TPSA) is 119 Å². The second kappa shape index (κ2) is 11.5. The molecular weight excluding hydrogens is 682 g/mol. The van der Waals surface area contributed by atoms with Crippen molar-refractivity contribution < 1.29 is 31.7 Å². The number of anilines is 1. The van der Waals surface area contributed by atoms with E-state index in [9.17, 15) is 22.8 Å². The van der Waals surface area contributed by atoms with Crippen LogP contribution in [0.25, 0.3) is 6.08 Å². The predicted octanol–water partition coefficient (Wildman–Crippen LogP) is 5.74. The Hall–Kier alpha value is -3.13. The summed E-state index contributed by atoms with van der Waals surface area (Å²) in [6.07, 6.45) is 1.28. The molecular formula is C26H19Cl2IN2O7S. The highest BCUT2D eigenvalue weighted by molar-refractivity contribution is 14.1. The van der Waals surface area contributed by atoms with Gasteiger partial charge in [-0.2, -0.15) is 8.42 Å². The number of urea groups is 1. The number of halogens is 3. The molecule has 4 amide bonds. The van der Waals surface area contributed by atoms with Crippen molar-refractivity contribution in [1.29, 1.82) is 0 Å². The molecule has 1 aliphatic heterocycles. The molecule has 0 aliphatic carbocycles. The zero-order valence-corrected chi connectivity index (χ0v) is 24.8. The van der Waals surface area contributed by atoms with Crippen LogP contribution in [0.15, 0.2) is 65.1 Å². The number of benzene rings is 3. The largest absolute Gasteiger partial charge is 0.490 e. The van der Waals surface area contributed by atoms with Crippen molar-refractivity contribution >= 4 is 85.5 Å². The quantitative estimate of drug-likeness (QED) is 0.145. The van der Waals surface area contributed by atoms with Crippen molar-refractivity contribution in [2.75, 3.05) is 11.5 Å². The minimum Gasteiger partial charge on any atom is -0.490 e. The van der Waals surface area contributed by atoms with Crippen LogP contribution in [0.2, 0.25) is 10.0 Å². The van der Waals surface area contributed by atoms with Crippen LogP contribution in [0.1, 0.15) is 18.1 Å². The van der Waals surface area contributed by atoms with Crippen LogP contribution >= 0.6 is 45.8 Å². The van der Waals surface area contributed by atoms with Crippen LogP contribution in [0.5, 0.6) is 11.5 Å². The number of rotatable bonds is 7. The fourth-order valence-electron chi connectivity index (χ4n) is 3.66. The van der Waals surface area contributed by atoms with Crippen molar-refractivity contribution in [3.63, 3.8) is 0 Å². The lowest BCUT2D eigenvalue weighted by Crippen LogP contribution is -2.54. The molecule has 0 aromatic heterocycles. The smallest absolute Gasteiger partial charge is 0.339 e. The Morgan fingerprint density at radius 1 is 1.05 bits per heavy atom. The van der Waals surface area contributed by atoms with Gasteiger partial charge in [0.2, 0.25) is 0 Å². The summed E-state index contributed by atoms with van der Waals surface area (Å²) in [6.45, 7) is 3.51. The second-order valence-electron chi connectivity index (χ2n) is 8.10. The molecule has 1 heterocycles. The van der Waals surface area contributed by atoms with Crippen LogP contribution in [-0.4, -0.2) is 32.9 Å².